The van der Waals surface area contributed by atoms with E-state index in [9.17, 15) is 29.4 Å². The number of carbonyl (C=O) groups excluding carboxylic acids is 1. The summed E-state index contributed by atoms with van der Waals surface area (Å²) < 4.78 is 26.9. The van der Waals surface area contributed by atoms with Crippen LogP contribution in [0.25, 0.3) is 5.65 Å². The Hall–Kier alpha value is -4.78. The van der Waals surface area contributed by atoms with Crippen molar-refractivity contribution >= 4 is 46.4 Å². The third kappa shape index (κ3) is 5.23. The van der Waals surface area contributed by atoms with Gasteiger partial charge in [-0.1, -0.05) is 11.6 Å². The number of piperazine rings is 1. The van der Waals surface area contributed by atoms with Crippen molar-refractivity contribution in [3.8, 4) is 18.2 Å². The maximum Gasteiger partial charge on any atom is 0.255 e. The second kappa shape index (κ2) is 11.1. The van der Waals surface area contributed by atoms with Gasteiger partial charge in [-0.3, -0.25) is 9.69 Å². The van der Waals surface area contributed by atoms with E-state index in [1.165, 1.54) is 19.2 Å². The Kier molecular flexibility index (Phi) is 7.86. The van der Waals surface area contributed by atoms with Gasteiger partial charge < -0.3 is 21.3 Å². The normalized spacial score (nSPS) is 17.1. The van der Waals surface area contributed by atoms with E-state index in [1.807, 2.05) is 24.0 Å². The standard InChI is InChI=1S/C24H23ClF2N12O/c1-13-11-37(24(2,12-30)21(31)40)3-4-38(13)17-6-14(7-28)5-16(19(17)25)34-22-35-20-15(8-29)9-33-39(20)23(36-22)32-10-18(26)27/h5-6,9,13,18H,3-4,10-11H2,1-2H3,(H2,31,40)(H2,32,34,35,36)/t13-,24-/m0/s1. The molecule has 0 spiro atoms. The Morgan fingerprint density at radius 1 is 1.27 bits per heavy atom. The largest absolute Gasteiger partial charge is 0.367 e. The number of benzene rings is 1. The fraction of sp³-hybridized carbons (Fsp3) is 0.375. The van der Waals surface area contributed by atoms with Crippen molar-refractivity contribution in [2.75, 3.05) is 41.7 Å². The smallest absolute Gasteiger partial charge is 0.255 e. The number of nitrogens with zero attached hydrogens (tertiary/aromatic N) is 9. The average Bonchev–Trinajstić information content (AvgIpc) is 3.35. The molecule has 13 nitrogen and oxygen atoms in total. The summed E-state index contributed by atoms with van der Waals surface area (Å²) >= 11 is 6.79. The van der Waals surface area contributed by atoms with E-state index in [1.54, 1.807) is 11.0 Å². The summed E-state index contributed by atoms with van der Waals surface area (Å²) in [6.45, 7) is 3.65. The highest BCUT2D eigenvalue weighted by Crippen LogP contribution is 2.38. The minimum absolute atomic E-state index is 0.0734. The van der Waals surface area contributed by atoms with Crippen molar-refractivity contribution in [2.24, 2.45) is 5.73 Å². The predicted molar refractivity (Wildman–Crippen MR) is 141 cm³/mol. The summed E-state index contributed by atoms with van der Waals surface area (Å²) in [6, 6.07) is 8.88. The number of anilines is 4. The molecule has 0 aliphatic carbocycles. The lowest BCUT2D eigenvalue weighted by atomic mass is 9.98. The van der Waals surface area contributed by atoms with Gasteiger partial charge in [0, 0.05) is 25.7 Å². The Morgan fingerprint density at radius 3 is 2.62 bits per heavy atom. The summed E-state index contributed by atoms with van der Waals surface area (Å²) in [5.41, 5.74) is 5.20. The lowest BCUT2D eigenvalue weighted by Gasteiger charge is -2.45. The number of amides is 1. The predicted octanol–water partition coefficient (Wildman–Crippen LogP) is 2.22. The summed E-state index contributed by atoms with van der Waals surface area (Å²) in [6.07, 6.45) is -1.44. The van der Waals surface area contributed by atoms with Crippen LogP contribution >= 0.6 is 11.6 Å². The minimum atomic E-state index is -2.67. The van der Waals surface area contributed by atoms with Crippen LogP contribution in [0.15, 0.2) is 18.3 Å². The van der Waals surface area contributed by atoms with Gasteiger partial charge in [-0.2, -0.15) is 35.4 Å². The molecule has 1 aliphatic heterocycles. The molecule has 1 saturated heterocycles. The summed E-state index contributed by atoms with van der Waals surface area (Å²) in [5, 5.41) is 38.3. The molecule has 3 heterocycles. The number of nitriles is 3. The number of fused-ring (bicyclic) bond motifs is 1. The highest BCUT2D eigenvalue weighted by Gasteiger charge is 2.41. The molecule has 2 aromatic heterocycles. The van der Waals surface area contributed by atoms with Gasteiger partial charge >= 0.3 is 0 Å². The summed E-state index contributed by atoms with van der Waals surface area (Å²) in [7, 11) is 0. The zero-order valence-corrected chi connectivity index (χ0v) is 22.1. The Balaban J connectivity index is 1.70. The van der Waals surface area contributed by atoms with Gasteiger partial charge in [-0.15, -0.1) is 0 Å². The van der Waals surface area contributed by atoms with Gasteiger partial charge in [0.2, 0.25) is 11.9 Å². The fourth-order valence-corrected chi connectivity index (χ4v) is 4.66. The molecule has 4 N–H and O–H groups in total. The first kappa shape index (κ1) is 28.2. The Morgan fingerprint density at radius 2 is 2.02 bits per heavy atom. The lowest BCUT2D eigenvalue weighted by Crippen LogP contribution is -2.63. The van der Waals surface area contributed by atoms with Crippen LogP contribution < -0.4 is 21.3 Å². The monoisotopic (exact) mass is 568 g/mol. The average molecular weight is 569 g/mol. The van der Waals surface area contributed by atoms with Gasteiger partial charge in [0.15, 0.2) is 11.2 Å². The van der Waals surface area contributed by atoms with E-state index in [2.05, 4.69) is 31.8 Å². The van der Waals surface area contributed by atoms with Crippen molar-refractivity contribution in [1.29, 1.82) is 15.8 Å². The topological polar surface area (TPSA) is 188 Å². The van der Waals surface area contributed by atoms with Gasteiger partial charge in [0.05, 0.1) is 46.8 Å². The number of hydrogen-bond acceptors (Lipinski definition) is 11. The number of nitrogens with one attached hydrogen (secondary N) is 2. The van der Waals surface area contributed by atoms with Crippen molar-refractivity contribution in [2.45, 2.75) is 31.9 Å². The first-order valence-electron chi connectivity index (χ1n) is 11.9. The van der Waals surface area contributed by atoms with Gasteiger partial charge in [-0.05, 0) is 26.0 Å². The molecule has 0 unspecified atom stereocenters. The van der Waals surface area contributed by atoms with E-state index < -0.39 is 24.4 Å². The number of primary amides is 1. The maximum atomic E-state index is 12.9. The molecule has 40 heavy (non-hydrogen) atoms. The van der Waals surface area contributed by atoms with Crippen LogP contribution in [0.2, 0.25) is 5.02 Å². The molecule has 0 radical (unpaired) electrons. The molecule has 206 valence electrons. The number of alkyl halides is 2. The van der Waals surface area contributed by atoms with Crippen LogP contribution in [0, 0.1) is 34.0 Å². The SMILES string of the molecule is C[C@H]1CN([C@@](C)(C#N)C(N)=O)CCN1c1cc(C#N)cc(Nc2nc(NCC(F)F)n3ncc(C#N)c3n2)c1Cl. The highest BCUT2D eigenvalue weighted by molar-refractivity contribution is 6.36. The van der Waals surface area contributed by atoms with Gasteiger partial charge in [0.25, 0.3) is 12.3 Å². The Labute approximate surface area is 232 Å². The first-order chi connectivity index (χ1) is 19.0. The molecule has 16 heteroatoms. The molecule has 1 fully saturated rings. The van der Waals surface area contributed by atoms with E-state index in [0.717, 1.165) is 4.52 Å². The first-order valence-corrected chi connectivity index (χ1v) is 12.3. The summed E-state index contributed by atoms with van der Waals surface area (Å²) in [5.74, 6) is -0.904. The van der Waals surface area contributed by atoms with E-state index >= 15 is 0 Å². The van der Waals surface area contributed by atoms with Crippen LogP contribution in [-0.2, 0) is 4.79 Å². The zero-order chi connectivity index (χ0) is 29.2. The highest BCUT2D eigenvalue weighted by atomic mass is 35.5. The molecule has 1 amide bonds. The molecule has 4 rings (SSSR count). The fourth-order valence-electron chi connectivity index (χ4n) is 4.39. The number of hydrogen-bond donors (Lipinski definition) is 3. The lowest BCUT2D eigenvalue weighted by molar-refractivity contribution is -0.126. The number of carbonyl (C=O) groups is 1. The molecular weight excluding hydrogens is 546 g/mol. The number of aromatic nitrogens is 4. The van der Waals surface area contributed by atoms with Crippen LogP contribution in [0.1, 0.15) is 25.0 Å². The number of halogens is 3. The van der Waals surface area contributed by atoms with Crippen LogP contribution in [0.3, 0.4) is 0 Å². The molecule has 0 saturated carbocycles. The molecular formula is C24H23ClF2N12O. The third-order valence-electron chi connectivity index (χ3n) is 6.60. The maximum absolute atomic E-state index is 12.9. The molecule has 3 aromatic rings. The third-order valence-corrected chi connectivity index (χ3v) is 7.00. The van der Waals surface area contributed by atoms with Crippen molar-refractivity contribution in [3.63, 3.8) is 0 Å². The zero-order valence-electron chi connectivity index (χ0n) is 21.4. The van der Waals surface area contributed by atoms with E-state index in [-0.39, 0.29) is 45.4 Å². The van der Waals surface area contributed by atoms with E-state index in [0.29, 0.717) is 25.3 Å². The van der Waals surface area contributed by atoms with Crippen LogP contribution in [0.4, 0.5) is 32.1 Å². The van der Waals surface area contributed by atoms with Crippen LogP contribution in [-0.4, -0.2) is 74.6 Å². The van der Waals surface area contributed by atoms with Gasteiger partial charge in [0.1, 0.15) is 11.6 Å². The minimum Gasteiger partial charge on any atom is -0.367 e. The van der Waals surface area contributed by atoms with Crippen molar-refractivity contribution in [3.05, 3.63) is 34.5 Å². The molecule has 1 aliphatic rings. The summed E-state index contributed by atoms with van der Waals surface area (Å²) in [4.78, 5) is 24.1. The second-order valence-electron chi connectivity index (χ2n) is 9.18. The molecule has 0 bridgehead atoms. The molecule has 1 aromatic carbocycles. The van der Waals surface area contributed by atoms with Crippen molar-refractivity contribution in [1.82, 2.24) is 24.5 Å². The number of rotatable bonds is 8. The number of nitrogens with two attached hydrogens (primary N) is 1. The van der Waals surface area contributed by atoms with Crippen LogP contribution in [0.5, 0.6) is 0 Å². The van der Waals surface area contributed by atoms with E-state index in [4.69, 9.17) is 17.3 Å². The quantitative estimate of drug-likeness (QED) is 0.361. The molecule has 2 atom stereocenters. The second-order valence-corrected chi connectivity index (χ2v) is 9.56. The van der Waals surface area contributed by atoms with Crippen molar-refractivity contribution < 1.29 is 13.6 Å². The Bertz CT molecular complexity index is 1590. The van der Waals surface area contributed by atoms with Gasteiger partial charge in [-0.25, -0.2) is 8.78 Å².